The van der Waals surface area contributed by atoms with Crippen molar-refractivity contribution < 1.29 is 4.79 Å². The van der Waals surface area contributed by atoms with Gasteiger partial charge in [-0.15, -0.1) is 0 Å². The number of aromatic nitrogens is 2. The van der Waals surface area contributed by atoms with Crippen LogP contribution in [0.5, 0.6) is 0 Å². The van der Waals surface area contributed by atoms with Gasteiger partial charge in [0, 0.05) is 37.9 Å². The fourth-order valence-electron chi connectivity index (χ4n) is 4.20. The second kappa shape index (κ2) is 10.1. The third-order valence-corrected chi connectivity index (χ3v) is 5.74. The van der Waals surface area contributed by atoms with Crippen LogP contribution in [0.1, 0.15) is 67.9 Å². The lowest BCUT2D eigenvalue weighted by Crippen LogP contribution is -2.31. The van der Waals surface area contributed by atoms with Gasteiger partial charge in [-0.05, 0) is 42.9 Å². The molecule has 1 fully saturated rings. The van der Waals surface area contributed by atoms with Crippen LogP contribution in [-0.2, 0) is 0 Å². The molecule has 1 amide bonds. The van der Waals surface area contributed by atoms with Gasteiger partial charge in [-0.1, -0.05) is 39.7 Å². The third-order valence-electron chi connectivity index (χ3n) is 5.74. The Labute approximate surface area is 196 Å². The molecule has 1 saturated carbocycles. The fraction of sp³-hybridized carbons (Fsp3) is 0.520. The maximum atomic E-state index is 12.1. The van der Waals surface area contributed by atoms with Crippen LogP contribution in [0.15, 0.2) is 18.2 Å². The van der Waals surface area contributed by atoms with E-state index in [9.17, 15) is 10.1 Å². The summed E-state index contributed by atoms with van der Waals surface area (Å²) in [5.74, 6) is 1.37. The number of rotatable bonds is 7. The SMILES string of the molecule is CNC(=O)c1ccc(C)c(Nc2nc(NC3CCCC3)c(C#N)c(N(C)CC(C)(C)C)n2)c1. The summed E-state index contributed by atoms with van der Waals surface area (Å²) in [4.78, 5) is 23.6. The Morgan fingerprint density at radius 1 is 1.24 bits per heavy atom. The fourth-order valence-corrected chi connectivity index (χ4v) is 4.20. The molecule has 2 aromatic rings. The molecule has 1 aromatic carbocycles. The number of carbonyl (C=O) groups excluding carboxylic acids is 1. The largest absolute Gasteiger partial charge is 0.366 e. The molecule has 33 heavy (non-hydrogen) atoms. The Morgan fingerprint density at radius 2 is 1.94 bits per heavy atom. The van der Waals surface area contributed by atoms with Crippen LogP contribution in [0.25, 0.3) is 0 Å². The van der Waals surface area contributed by atoms with Gasteiger partial charge in [0.1, 0.15) is 11.6 Å². The summed E-state index contributed by atoms with van der Waals surface area (Å²) in [6, 6.07) is 8.10. The normalized spacial score (nSPS) is 14.0. The number of amides is 1. The quantitative estimate of drug-likeness (QED) is 0.567. The van der Waals surface area contributed by atoms with E-state index in [0.29, 0.717) is 34.8 Å². The Hall–Kier alpha value is -3.34. The predicted octanol–water partition coefficient (Wildman–Crippen LogP) is 4.60. The van der Waals surface area contributed by atoms with Gasteiger partial charge in [0.25, 0.3) is 5.91 Å². The number of anilines is 4. The molecule has 0 aliphatic heterocycles. The monoisotopic (exact) mass is 449 g/mol. The third kappa shape index (κ3) is 6.13. The molecule has 8 heteroatoms. The smallest absolute Gasteiger partial charge is 0.251 e. The van der Waals surface area contributed by atoms with Crippen molar-refractivity contribution in [2.45, 2.75) is 59.4 Å². The van der Waals surface area contributed by atoms with Gasteiger partial charge >= 0.3 is 0 Å². The van der Waals surface area contributed by atoms with Crippen molar-refractivity contribution in [1.29, 1.82) is 5.26 Å². The average Bonchev–Trinajstić information content (AvgIpc) is 3.26. The number of benzene rings is 1. The highest BCUT2D eigenvalue weighted by Gasteiger charge is 2.24. The van der Waals surface area contributed by atoms with Crippen molar-refractivity contribution in [3.05, 3.63) is 34.9 Å². The summed E-state index contributed by atoms with van der Waals surface area (Å²) in [7, 11) is 3.56. The van der Waals surface area contributed by atoms with Crippen LogP contribution in [-0.4, -0.2) is 42.6 Å². The van der Waals surface area contributed by atoms with Crippen molar-refractivity contribution in [3.8, 4) is 6.07 Å². The molecule has 176 valence electrons. The Bertz CT molecular complexity index is 1050. The number of hydrogen-bond acceptors (Lipinski definition) is 7. The van der Waals surface area contributed by atoms with Gasteiger partial charge in [0.15, 0.2) is 11.6 Å². The van der Waals surface area contributed by atoms with E-state index in [1.165, 1.54) is 12.8 Å². The molecule has 0 unspecified atom stereocenters. The predicted molar refractivity (Wildman–Crippen MR) is 133 cm³/mol. The second-order valence-electron chi connectivity index (χ2n) is 9.98. The summed E-state index contributed by atoms with van der Waals surface area (Å²) in [6.07, 6.45) is 4.49. The molecule has 1 aliphatic carbocycles. The van der Waals surface area contributed by atoms with Crippen LogP contribution in [0.2, 0.25) is 0 Å². The summed E-state index contributed by atoms with van der Waals surface area (Å²) in [6.45, 7) is 9.15. The molecule has 0 saturated heterocycles. The first-order valence-electron chi connectivity index (χ1n) is 11.5. The van der Waals surface area contributed by atoms with E-state index >= 15 is 0 Å². The standard InChI is InChI=1S/C25H35N7O/c1-16-11-12-17(23(33)27-5)13-20(16)29-24-30-21(28-18-9-7-8-10-18)19(14-26)22(31-24)32(6)15-25(2,3)4/h11-13,18H,7-10,15H2,1-6H3,(H,27,33)(H2,28,29,30,31). The Balaban J connectivity index is 2.04. The average molecular weight is 450 g/mol. The molecule has 0 radical (unpaired) electrons. The van der Waals surface area contributed by atoms with Crippen LogP contribution >= 0.6 is 0 Å². The van der Waals surface area contributed by atoms with Crippen molar-refractivity contribution in [1.82, 2.24) is 15.3 Å². The lowest BCUT2D eigenvalue weighted by Gasteiger charge is -2.29. The minimum Gasteiger partial charge on any atom is -0.366 e. The van der Waals surface area contributed by atoms with Crippen LogP contribution in [0.4, 0.5) is 23.3 Å². The number of hydrogen-bond donors (Lipinski definition) is 3. The van der Waals surface area contributed by atoms with Crippen molar-refractivity contribution >= 4 is 29.2 Å². The highest BCUT2D eigenvalue weighted by molar-refractivity contribution is 5.95. The first-order valence-corrected chi connectivity index (χ1v) is 11.5. The van der Waals surface area contributed by atoms with Crippen LogP contribution < -0.4 is 20.9 Å². The molecule has 1 aromatic heterocycles. The van der Waals surface area contributed by atoms with Gasteiger partial charge in [-0.25, -0.2) is 0 Å². The topological polar surface area (TPSA) is 106 Å². The first-order chi connectivity index (χ1) is 15.6. The zero-order chi connectivity index (χ0) is 24.2. The second-order valence-corrected chi connectivity index (χ2v) is 9.98. The summed E-state index contributed by atoms with van der Waals surface area (Å²) < 4.78 is 0. The lowest BCUT2D eigenvalue weighted by atomic mass is 9.96. The van der Waals surface area contributed by atoms with Gasteiger partial charge in [0.2, 0.25) is 5.95 Å². The van der Waals surface area contributed by atoms with E-state index in [4.69, 9.17) is 9.97 Å². The van der Waals surface area contributed by atoms with Crippen molar-refractivity contribution in [3.63, 3.8) is 0 Å². The van der Waals surface area contributed by atoms with Gasteiger partial charge < -0.3 is 20.9 Å². The Morgan fingerprint density at radius 3 is 2.55 bits per heavy atom. The zero-order valence-corrected chi connectivity index (χ0v) is 20.5. The lowest BCUT2D eigenvalue weighted by molar-refractivity contribution is 0.0963. The molecule has 0 spiro atoms. The number of nitriles is 1. The molecule has 3 rings (SSSR count). The molecule has 8 nitrogen and oxygen atoms in total. The maximum absolute atomic E-state index is 12.1. The van der Waals surface area contributed by atoms with Crippen LogP contribution in [0, 0.1) is 23.7 Å². The van der Waals surface area contributed by atoms with E-state index in [1.54, 1.807) is 19.2 Å². The van der Waals surface area contributed by atoms with Gasteiger partial charge in [0.05, 0.1) is 0 Å². The van der Waals surface area contributed by atoms with Crippen molar-refractivity contribution in [2.75, 3.05) is 36.2 Å². The number of nitrogens with zero attached hydrogens (tertiary/aromatic N) is 4. The first kappa shape index (κ1) is 24.3. The minimum atomic E-state index is -0.159. The van der Waals surface area contributed by atoms with E-state index in [-0.39, 0.29) is 11.3 Å². The maximum Gasteiger partial charge on any atom is 0.251 e. The molecule has 0 bridgehead atoms. The molecular weight excluding hydrogens is 414 g/mol. The van der Waals surface area contributed by atoms with Crippen molar-refractivity contribution in [2.24, 2.45) is 5.41 Å². The summed E-state index contributed by atoms with van der Waals surface area (Å²) >= 11 is 0. The summed E-state index contributed by atoms with van der Waals surface area (Å²) in [5.41, 5.74) is 2.74. The van der Waals surface area contributed by atoms with Gasteiger partial charge in [-0.3, -0.25) is 4.79 Å². The van der Waals surface area contributed by atoms with Gasteiger partial charge in [-0.2, -0.15) is 15.2 Å². The molecule has 0 atom stereocenters. The number of aryl methyl sites for hydroxylation is 1. The molecule has 1 heterocycles. The highest BCUT2D eigenvalue weighted by Crippen LogP contribution is 2.31. The summed E-state index contributed by atoms with van der Waals surface area (Å²) in [5, 5.41) is 19.4. The number of nitrogens with one attached hydrogen (secondary N) is 3. The molecule has 3 N–H and O–H groups in total. The Kier molecular flexibility index (Phi) is 7.42. The van der Waals surface area contributed by atoms with E-state index in [0.717, 1.165) is 30.6 Å². The molecule has 1 aliphatic rings. The minimum absolute atomic E-state index is 0.0253. The highest BCUT2D eigenvalue weighted by atomic mass is 16.1. The van der Waals surface area contributed by atoms with E-state index in [2.05, 4.69) is 42.8 Å². The zero-order valence-electron chi connectivity index (χ0n) is 20.5. The van der Waals surface area contributed by atoms with E-state index in [1.807, 2.05) is 24.9 Å². The molecular formula is C25H35N7O. The van der Waals surface area contributed by atoms with Crippen LogP contribution in [0.3, 0.4) is 0 Å². The number of carbonyl (C=O) groups is 1. The van der Waals surface area contributed by atoms with E-state index < -0.39 is 0 Å².